The predicted molar refractivity (Wildman–Crippen MR) is 78.9 cm³/mol. The van der Waals surface area contributed by atoms with Crippen LogP contribution in [-0.4, -0.2) is 4.98 Å². The van der Waals surface area contributed by atoms with Gasteiger partial charge in [0.05, 0.1) is 10.7 Å². The van der Waals surface area contributed by atoms with E-state index in [1.165, 1.54) is 11.8 Å². The van der Waals surface area contributed by atoms with Gasteiger partial charge in [-0.2, -0.15) is 0 Å². The van der Waals surface area contributed by atoms with Crippen LogP contribution in [0.1, 0.15) is 26.3 Å². The van der Waals surface area contributed by atoms with Crippen molar-refractivity contribution < 1.29 is 4.74 Å². The maximum Gasteiger partial charge on any atom is 0.242 e. The summed E-state index contributed by atoms with van der Waals surface area (Å²) in [7, 11) is 0. The number of ether oxygens (including phenoxy) is 1. The van der Waals surface area contributed by atoms with Crippen molar-refractivity contribution >= 4 is 17.3 Å². The Morgan fingerprint density at radius 1 is 1.21 bits per heavy atom. The van der Waals surface area contributed by atoms with Gasteiger partial charge in [-0.25, -0.2) is 4.98 Å². The van der Waals surface area contributed by atoms with Crippen molar-refractivity contribution in [3.63, 3.8) is 0 Å². The van der Waals surface area contributed by atoms with E-state index in [1.54, 1.807) is 6.07 Å². The Kier molecular flexibility index (Phi) is 3.67. The molecule has 0 spiro atoms. The molecule has 0 aliphatic rings. The summed E-state index contributed by atoms with van der Waals surface area (Å²) < 4.78 is 5.71. The van der Waals surface area contributed by atoms with Gasteiger partial charge in [-0.1, -0.05) is 44.5 Å². The Hall–Kier alpha value is -1.74. The standard InChI is InChI=1S/C15H17ClN2O/c1-15(2,3)10-5-4-6-12(7-10)19-14-13(17)8-11(16)9-18-14/h4-9H,17H2,1-3H3. The van der Waals surface area contributed by atoms with Crippen molar-refractivity contribution in [1.29, 1.82) is 0 Å². The molecule has 1 aromatic heterocycles. The molecule has 2 aromatic rings. The molecule has 0 radical (unpaired) electrons. The number of nitrogen functional groups attached to an aromatic ring is 1. The molecule has 0 atom stereocenters. The van der Waals surface area contributed by atoms with E-state index in [0.717, 1.165) is 0 Å². The summed E-state index contributed by atoms with van der Waals surface area (Å²) in [5, 5.41) is 0.494. The van der Waals surface area contributed by atoms with Crippen LogP contribution in [0.25, 0.3) is 0 Å². The van der Waals surface area contributed by atoms with Crippen molar-refractivity contribution in [2.75, 3.05) is 5.73 Å². The minimum absolute atomic E-state index is 0.0678. The molecule has 2 rings (SSSR count). The maximum atomic E-state index is 5.82. The molecule has 0 fully saturated rings. The number of hydrogen-bond donors (Lipinski definition) is 1. The van der Waals surface area contributed by atoms with E-state index in [4.69, 9.17) is 22.1 Å². The van der Waals surface area contributed by atoms with Crippen LogP contribution in [0.3, 0.4) is 0 Å². The zero-order valence-electron chi connectivity index (χ0n) is 11.3. The highest BCUT2D eigenvalue weighted by molar-refractivity contribution is 6.30. The van der Waals surface area contributed by atoms with Crippen molar-refractivity contribution in [2.45, 2.75) is 26.2 Å². The van der Waals surface area contributed by atoms with Gasteiger partial charge < -0.3 is 10.5 Å². The van der Waals surface area contributed by atoms with E-state index in [2.05, 4.69) is 31.8 Å². The van der Waals surface area contributed by atoms with E-state index in [9.17, 15) is 0 Å². The molecule has 19 heavy (non-hydrogen) atoms. The Morgan fingerprint density at radius 2 is 1.95 bits per heavy atom. The van der Waals surface area contributed by atoms with Crippen molar-refractivity contribution in [1.82, 2.24) is 4.98 Å². The summed E-state index contributed by atoms with van der Waals surface area (Å²) in [6, 6.07) is 9.53. The molecule has 100 valence electrons. The average Bonchev–Trinajstić information content (AvgIpc) is 2.32. The van der Waals surface area contributed by atoms with Gasteiger partial charge in [0.2, 0.25) is 5.88 Å². The maximum absolute atomic E-state index is 5.82. The summed E-state index contributed by atoms with van der Waals surface area (Å²) in [5.41, 5.74) is 7.51. The fourth-order valence-corrected chi connectivity index (χ4v) is 1.83. The molecule has 1 heterocycles. The molecule has 0 aliphatic carbocycles. The van der Waals surface area contributed by atoms with E-state index >= 15 is 0 Å². The first kappa shape index (κ1) is 13.7. The average molecular weight is 277 g/mol. The van der Waals surface area contributed by atoms with E-state index < -0.39 is 0 Å². The highest BCUT2D eigenvalue weighted by Gasteiger charge is 2.14. The van der Waals surface area contributed by atoms with Crippen molar-refractivity contribution in [3.05, 3.63) is 47.1 Å². The Bertz CT molecular complexity index is 591. The first-order chi connectivity index (χ1) is 8.86. The zero-order valence-corrected chi connectivity index (χ0v) is 12.0. The SMILES string of the molecule is CC(C)(C)c1cccc(Oc2ncc(Cl)cc2N)c1. The van der Waals surface area contributed by atoms with Gasteiger partial charge in [-0.15, -0.1) is 0 Å². The zero-order chi connectivity index (χ0) is 14.0. The van der Waals surface area contributed by atoms with E-state index in [1.807, 2.05) is 18.2 Å². The topological polar surface area (TPSA) is 48.1 Å². The lowest BCUT2D eigenvalue weighted by Gasteiger charge is -2.19. The fraction of sp³-hybridized carbons (Fsp3) is 0.267. The minimum Gasteiger partial charge on any atom is -0.437 e. The third-order valence-electron chi connectivity index (χ3n) is 2.76. The van der Waals surface area contributed by atoms with Gasteiger partial charge in [-0.05, 0) is 29.2 Å². The molecule has 4 heteroatoms. The molecule has 3 nitrogen and oxygen atoms in total. The summed E-state index contributed by atoms with van der Waals surface area (Å²) >= 11 is 5.81. The number of pyridine rings is 1. The molecule has 0 unspecified atom stereocenters. The molecule has 0 saturated heterocycles. The highest BCUT2D eigenvalue weighted by atomic mass is 35.5. The Balaban J connectivity index is 2.29. The number of benzene rings is 1. The fourth-order valence-electron chi connectivity index (χ4n) is 1.67. The number of nitrogens with zero attached hydrogens (tertiary/aromatic N) is 1. The molecule has 0 saturated carbocycles. The number of halogens is 1. The number of rotatable bonds is 2. The minimum atomic E-state index is 0.0678. The second kappa shape index (κ2) is 5.10. The lowest BCUT2D eigenvalue weighted by atomic mass is 9.87. The lowest BCUT2D eigenvalue weighted by molar-refractivity contribution is 0.462. The van der Waals surface area contributed by atoms with Gasteiger partial charge in [0.25, 0.3) is 0 Å². The van der Waals surface area contributed by atoms with E-state index in [0.29, 0.717) is 22.3 Å². The number of hydrogen-bond acceptors (Lipinski definition) is 3. The quantitative estimate of drug-likeness (QED) is 0.884. The lowest BCUT2D eigenvalue weighted by Crippen LogP contribution is -2.10. The van der Waals surface area contributed by atoms with Crippen LogP contribution in [0.5, 0.6) is 11.6 Å². The number of anilines is 1. The first-order valence-electron chi connectivity index (χ1n) is 6.06. The smallest absolute Gasteiger partial charge is 0.242 e. The predicted octanol–water partition coefficient (Wildman–Crippen LogP) is 4.41. The molecule has 0 bridgehead atoms. The van der Waals surface area contributed by atoms with Crippen LogP contribution in [0, 0.1) is 0 Å². The largest absolute Gasteiger partial charge is 0.437 e. The van der Waals surface area contributed by atoms with Crippen LogP contribution in [0.4, 0.5) is 5.69 Å². The molecule has 0 amide bonds. The van der Waals surface area contributed by atoms with Crippen molar-refractivity contribution in [3.8, 4) is 11.6 Å². The van der Waals surface area contributed by atoms with Crippen LogP contribution in [0.15, 0.2) is 36.5 Å². The second-order valence-electron chi connectivity index (χ2n) is 5.43. The molecular formula is C15H17ClN2O. The van der Waals surface area contributed by atoms with Gasteiger partial charge in [-0.3, -0.25) is 0 Å². The number of aromatic nitrogens is 1. The monoisotopic (exact) mass is 276 g/mol. The summed E-state index contributed by atoms with van der Waals surface area (Å²) in [6.45, 7) is 6.46. The summed E-state index contributed by atoms with van der Waals surface area (Å²) in [5.74, 6) is 1.09. The van der Waals surface area contributed by atoms with Gasteiger partial charge >= 0.3 is 0 Å². The highest BCUT2D eigenvalue weighted by Crippen LogP contribution is 2.30. The van der Waals surface area contributed by atoms with Gasteiger partial charge in [0.15, 0.2) is 0 Å². The second-order valence-corrected chi connectivity index (χ2v) is 5.86. The van der Waals surface area contributed by atoms with Crippen LogP contribution in [0.2, 0.25) is 5.02 Å². The van der Waals surface area contributed by atoms with Crippen LogP contribution in [-0.2, 0) is 5.41 Å². The molecule has 1 aromatic carbocycles. The summed E-state index contributed by atoms with van der Waals surface area (Å²) in [4.78, 5) is 4.09. The van der Waals surface area contributed by atoms with Gasteiger partial charge in [0, 0.05) is 6.20 Å². The molecule has 0 aliphatic heterocycles. The normalized spacial score (nSPS) is 11.4. The third kappa shape index (κ3) is 3.38. The molecular weight excluding hydrogens is 260 g/mol. The number of nitrogens with two attached hydrogens (primary N) is 1. The van der Waals surface area contributed by atoms with Crippen LogP contribution < -0.4 is 10.5 Å². The Labute approximate surface area is 118 Å². The first-order valence-corrected chi connectivity index (χ1v) is 6.43. The van der Waals surface area contributed by atoms with Gasteiger partial charge in [0.1, 0.15) is 5.75 Å². The Morgan fingerprint density at radius 3 is 2.58 bits per heavy atom. The molecule has 2 N–H and O–H groups in total. The summed E-state index contributed by atoms with van der Waals surface area (Å²) in [6.07, 6.45) is 1.51. The van der Waals surface area contributed by atoms with E-state index in [-0.39, 0.29) is 5.41 Å². The van der Waals surface area contributed by atoms with Crippen LogP contribution >= 0.6 is 11.6 Å². The third-order valence-corrected chi connectivity index (χ3v) is 2.97. The van der Waals surface area contributed by atoms with Crippen molar-refractivity contribution in [2.24, 2.45) is 0 Å².